The van der Waals surface area contributed by atoms with Crippen molar-refractivity contribution in [3.05, 3.63) is 75.2 Å². The molecule has 11 nitrogen and oxygen atoms in total. The topological polar surface area (TPSA) is 122 Å². The summed E-state index contributed by atoms with van der Waals surface area (Å²) in [5, 5.41) is 13.7. The van der Waals surface area contributed by atoms with E-state index in [1.54, 1.807) is 21.7 Å². The Morgan fingerprint density at radius 1 is 1.18 bits per heavy atom. The van der Waals surface area contributed by atoms with Gasteiger partial charge in [0.2, 0.25) is 0 Å². The standard InChI is InChI=1S/C27H31N7O4/c1-17-13-18(2)20-15-21(26(35)28-22(20)14-17)24(25-29-30-31-34(25)16-19-5-3-11-37-19)32-7-9-33(10-8-32)27(36)23-6-4-12-38-23/h4,6,12-15,19,24H,3,5,7-11,16H2,1-2H3,(H,28,35)/t19-,24+/m1/s1. The highest BCUT2D eigenvalue weighted by Gasteiger charge is 2.35. The number of nitrogens with zero attached hydrogens (tertiary/aromatic N) is 6. The number of carbonyl (C=O) groups excluding carboxylic acids is 1. The van der Waals surface area contributed by atoms with Crippen LogP contribution < -0.4 is 5.56 Å². The first-order valence-corrected chi connectivity index (χ1v) is 13.1. The van der Waals surface area contributed by atoms with Crippen LogP contribution in [0.1, 0.15) is 52.0 Å². The number of pyridine rings is 1. The van der Waals surface area contributed by atoms with Gasteiger partial charge in [0.25, 0.3) is 11.5 Å². The summed E-state index contributed by atoms with van der Waals surface area (Å²) >= 11 is 0. The molecule has 0 saturated carbocycles. The molecule has 5 heterocycles. The molecule has 2 fully saturated rings. The zero-order valence-electron chi connectivity index (χ0n) is 21.6. The monoisotopic (exact) mass is 517 g/mol. The molecule has 1 aromatic carbocycles. The third-order valence-corrected chi connectivity index (χ3v) is 7.54. The van der Waals surface area contributed by atoms with Crippen LogP contribution in [0.3, 0.4) is 0 Å². The molecule has 2 aliphatic heterocycles. The highest BCUT2D eigenvalue weighted by molar-refractivity contribution is 5.91. The maximum atomic E-state index is 13.6. The number of fused-ring (bicyclic) bond motifs is 1. The number of furan rings is 1. The second-order valence-corrected chi connectivity index (χ2v) is 10.2. The first-order valence-electron chi connectivity index (χ1n) is 13.1. The first-order chi connectivity index (χ1) is 18.5. The minimum Gasteiger partial charge on any atom is -0.459 e. The van der Waals surface area contributed by atoms with Crippen LogP contribution in [0.25, 0.3) is 10.9 Å². The number of hydrogen-bond donors (Lipinski definition) is 1. The highest BCUT2D eigenvalue weighted by Crippen LogP contribution is 2.30. The maximum absolute atomic E-state index is 13.6. The van der Waals surface area contributed by atoms with Crippen LogP contribution in [0.4, 0.5) is 0 Å². The lowest BCUT2D eigenvalue weighted by molar-refractivity contribution is 0.0550. The van der Waals surface area contributed by atoms with Crippen molar-refractivity contribution in [1.82, 2.24) is 35.0 Å². The number of aromatic amines is 1. The van der Waals surface area contributed by atoms with E-state index in [0.29, 0.717) is 49.9 Å². The zero-order valence-corrected chi connectivity index (χ0v) is 21.6. The lowest BCUT2D eigenvalue weighted by atomic mass is 9.99. The number of amides is 1. The van der Waals surface area contributed by atoms with E-state index in [-0.39, 0.29) is 17.6 Å². The van der Waals surface area contributed by atoms with E-state index in [9.17, 15) is 9.59 Å². The van der Waals surface area contributed by atoms with Crippen molar-refractivity contribution in [2.24, 2.45) is 0 Å². The molecule has 198 valence electrons. The van der Waals surface area contributed by atoms with Crippen molar-refractivity contribution < 1.29 is 13.9 Å². The van der Waals surface area contributed by atoms with Crippen LogP contribution in [0, 0.1) is 13.8 Å². The minimum atomic E-state index is -0.485. The highest BCUT2D eigenvalue weighted by atomic mass is 16.5. The van der Waals surface area contributed by atoms with Gasteiger partial charge in [-0.3, -0.25) is 14.5 Å². The van der Waals surface area contributed by atoms with Crippen LogP contribution in [-0.2, 0) is 11.3 Å². The molecule has 0 aliphatic carbocycles. The van der Waals surface area contributed by atoms with E-state index in [2.05, 4.69) is 31.5 Å². The molecule has 11 heteroatoms. The molecular formula is C27H31N7O4. The number of tetrazole rings is 1. The van der Waals surface area contributed by atoms with E-state index < -0.39 is 6.04 Å². The molecule has 1 amide bonds. The van der Waals surface area contributed by atoms with Crippen molar-refractivity contribution in [3.63, 3.8) is 0 Å². The van der Waals surface area contributed by atoms with Crippen LogP contribution in [0.15, 0.2) is 45.8 Å². The Hall–Kier alpha value is -3.83. The average Bonchev–Trinajstić information content (AvgIpc) is 3.69. The lowest BCUT2D eigenvalue weighted by Gasteiger charge is -2.38. The second kappa shape index (κ2) is 10.1. The molecular weight excluding hydrogens is 486 g/mol. The third-order valence-electron chi connectivity index (χ3n) is 7.54. The van der Waals surface area contributed by atoms with Gasteiger partial charge in [0, 0.05) is 49.3 Å². The number of hydrogen-bond acceptors (Lipinski definition) is 8. The summed E-state index contributed by atoms with van der Waals surface area (Å²) in [5.74, 6) is 0.789. The molecule has 3 aromatic heterocycles. The summed E-state index contributed by atoms with van der Waals surface area (Å²) < 4.78 is 12.9. The Morgan fingerprint density at radius 2 is 2.03 bits per heavy atom. The maximum Gasteiger partial charge on any atom is 0.289 e. The summed E-state index contributed by atoms with van der Waals surface area (Å²) in [5.41, 5.74) is 3.39. The number of rotatable bonds is 6. The van der Waals surface area contributed by atoms with Crippen molar-refractivity contribution >= 4 is 16.8 Å². The SMILES string of the molecule is Cc1cc(C)c2cc([C@@H](c3nnnn3C[C@H]3CCCO3)N3CCN(C(=O)c4ccco4)CC3)c(=O)[nH]c2c1. The van der Waals surface area contributed by atoms with Gasteiger partial charge in [0.1, 0.15) is 6.04 Å². The van der Waals surface area contributed by atoms with Crippen molar-refractivity contribution in [3.8, 4) is 0 Å². The van der Waals surface area contributed by atoms with Crippen molar-refractivity contribution in [2.45, 2.75) is 45.4 Å². The van der Waals surface area contributed by atoms with E-state index in [0.717, 1.165) is 41.5 Å². The summed E-state index contributed by atoms with van der Waals surface area (Å²) in [6.07, 6.45) is 3.51. The van der Waals surface area contributed by atoms with E-state index in [1.165, 1.54) is 6.26 Å². The van der Waals surface area contributed by atoms with Crippen LogP contribution >= 0.6 is 0 Å². The van der Waals surface area contributed by atoms with Gasteiger partial charge < -0.3 is 19.0 Å². The van der Waals surface area contributed by atoms with Crippen LogP contribution in [-0.4, -0.2) is 79.8 Å². The molecule has 2 aliphatic rings. The van der Waals surface area contributed by atoms with Gasteiger partial charge in [0.05, 0.1) is 18.9 Å². The molecule has 2 saturated heterocycles. The number of H-pyrrole nitrogens is 1. The molecule has 2 atom stereocenters. The number of benzene rings is 1. The largest absolute Gasteiger partial charge is 0.459 e. The van der Waals surface area contributed by atoms with Gasteiger partial charge in [-0.2, -0.15) is 0 Å². The Morgan fingerprint density at radius 3 is 2.76 bits per heavy atom. The number of ether oxygens (including phenoxy) is 1. The van der Waals surface area contributed by atoms with Crippen molar-refractivity contribution in [2.75, 3.05) is 32.8 Å². The first kappa shape index (κ1) is 24.5. The van der Waals surface area contributed by atoms with Gasteiger partial charge in [-0.05, 0) is 72.5 Å². The van der Waals surface area contributed by atoms with Gasteiger partial charge >= 0.3 is 0 Å². The lowest BCUT2D eigenvalue weighted by Crippen LogP contribution is -2.50. The fourth-order valence-corrected chi connectivity index (χ4v) is 5.65. The van der Waals surface area contributed by atoms with E-state index in [1.807, 2.05) is 26.0 Å². The Balaban J connectivity index is 1.37. The molecule has 0 radical (unpaired) electrons. The normalized spacial score (nSPS) is 19.3. The number of piperazine rings is 1. The van der Waals surface area contributed by atoms with Gasteiger partial charge in [-0.15, -0.1) is 5.10 Å². The molecule has 38 heavy (non-hydrogen) atoms. The molecule has 1 N–H and O–H groups in total. The summed E-state index contributed by atoms with van der Waals surface area (Å²) in [4.78, 5) is 33.5. The number of carbonyl (C=O) groups is 1. The van der Waals surface area contributed by atoms with Gasteiger partial charge in [-0.1, -0.05) is 6.07 Å². The Labute approximate surface area is 219 Å². The molecule has 4 aromatic rings. The molecule has 0 spiro atoms. The zero-order chi connectivity index (χ0) is 26.2. The fraction of sp³-hybridized carbons (Fsp3) is 0.444. The molecule has 6 rings (SSSR count). The van der Waals surface area contributed by atoms with Crippen molar-refractivity contribution in [1.29, 1.82) is 0 Å². The fourth-order valence-electron chi connectivity index (χ4n) is 5.65. The van der Waals surface area contributed by atoms with Crippen LogP contribution in [0.2, 0.25) is 0 Å². The minimum absolute atomic E-state index is 0.0424. The summed E-state index contributed by atoms with van der Waals surface area (Å²) in [6.45, 7) is 7.42. The summed E-state index contributed by atoms with van der Waals surface area (Å²) in [6, 6.07) is 8.97. The van der Waals surface area contributed by atoms with Gasteiger partial charge in [0.15, 0.2) is 11.6 Å². The molecule has 0 unspecified atom stereocenters. The van der Waals surface area contributed by atoms with E-state index >= 15 is 0 Å². The van der Waals surface area contributed by atoms with Gasteiger partial charge in [-0.25, -0.2) is 4.68 Å². The third kappa shape index (κ3) is 4.63. The predicted molar refractivity (Wildman–Crippen MR) is 139 cm³/mol. The van der Waals surface area contributed by atoms with Crippen LogP contribution in [0.5, 0.6) is 0 Å². The summed E-state index contributed by atoms with van der Waals surface area (Å²) in [7, 11) is 0. The second-order valence-electron chi connectivity index (χ2n) is 10.2. The quantitative estimate of drug-likeness (QED) is 0.414. The number of nitrogens with one attached hydrogen (secondary N) is 1. The smallest absolute Gasteiger partial charge is 0.289 e. The molecule has 0 bridgehead atoms. The predicted octanol–water partition coefficient (Wildman–Crippen LogP) is 2.45. The average molecular weight is 518 g/mol. The Kier molecular flexibility index (Phi) is 6.54. The number of aryl methyl sites for hydroxylation is 2. The Bertz CT molecular complexity index is 1500. The van der Waals surface area contributed by atoms with E-state index in [4.69, 9.17) is 9.15 Å². The number of aromatic nitrogens is 5.